The number of nitrogens with zero attached hydrogens (tertiary/aromatic N) is 4. The normalized spacial score (nSPS) is 13.8. The van der Waals surface area contributed by atoms with Crippen LogP contribution in [0.15, 0.2) is 22.9 Å². The van der Waals surface area contributed by atoms with Crippen molar-refractivity contribution in [2.45, 2.75) is 0 Å². The van der Waals surface area contributed by atoms with Crippen LogP contribution in [-0.2, 0) is 0 Å². The number of aromatic nitrogens is 4. The van der Waals surface area contributed by atoms with E-state index in [4.69, 9.17) is 9.47 Å². The summed E-state index contributed by atoms with van der Waals surface area (Å²) in [7, 11) is 0. The summed E-state index contributed by atoms with van der Waals surface area (Å²) < 4.78 is 13.0. The predicted octanol–water partition coefficient (Wildman–Crippen LogP) is 1.20. The van der Waals surface area contributed by atoms with Crippen LogP contribution in [0.4, 0.5) is 0 Å². The zero-order valence-corrected chi connectivity index (χ0v) is 9.72. The molecule has 1 aliphatic heterocycles. The fourth-order valence-electron chi connectivity index (χ4n) is 1.50. The number of tetrazole rings is 1. The van der Waals surface area contributed by atoms with Crippen LogP contribution < -0.4 is 9.47 Å². The molecule has 0 saturated heterocycles. The third-order valence-corrected chi connectivity index (χ3v) is 2.70. The number of benzene rings is 1. The van der Waals surface area contributed by atoms with Gasteiger partial charge in [0.15, 0.2) is 11.5 Å². The fourth-order valence-corrected chi connectivity index (χ4v) is 1.84. The van der Waals surface area contributed by atoms with E-state index in [-0.39, 0.29) is 0 Å². The first-order chi connectivity index (χ1) is 7.84. The summed E-state index contributed by atoms with van der Waals surface area (Å²) in [5, 5.41) is 11.2. The van der Waals surface area contributed by atoms with Gasteiger partial charge >= 0.3 is 0 Å². The van der Waals surface area contributed by atoms with Gasteiger partial charge in [-0.3, -0.25) is 0 Å². The third kappa shape index (κ3) is 1.53. The van der Waals surface area contributed by atoms with E-state index >= 15 is 0 Å². The maximum absolute atomic E-state index is 5.48. The van der Waals surface area contributed by atoms with E-state index in [9.17, 15) is 0 Å². The molecule has 0 N–H and O–H groups in total. The first-order valence-corrected chi connectivity index (χ1v) is 5.48. The van der Waals surface area contributed by atoms with Gasteiger partial charge in [0.2, 0.25) is 4.73 Å². The van der Waals surface area contributed by atoms with Crippen LogP contribution in [0.3, 0.4) is 0 Å². The van der Waals surface area contributed by atoms with Crippen molar-refractivity contribution in [3.8, 4) is 17.2 Å². The van der Waals surface area contributed by atoms with Gasteiger partial charge in [0.1, 0.15) is 13.2 Å². The van der Waals surface area contributed by atoms with Crippen molar-refractivity contribution in [2.75, 3.05) is 13.2 Å². The minimum absolute atomic E-state index is 0.546. The summed E-state index contributed by atoms with van der Waals surface area (Å²) in [5.41, 5.74) is 0.820. The van der Waals surface area contributed by atoms with Gasteiger partial charge in [-0.25, -0.2) is 0 Å². The molecule has 16 heavy (non-hydrogen) atoms. The van der Waals surface area contributed by atoms with Gasteiger partial charge in [-0.1, -0.05) is 0 Å². The highest BCUT2D eigenvalue weighted by molar-refractivity contribution is 9.10. The maximum atomic E-state index is 5.48. The van der Waals surface area contributed by atoms with Crippen molar-refractivity contribution in [3.63, 3.8) is 0 Å². The zero-order valence-electron chi connectivity index (χ0n) is 8.13. The molecule has 0 spiro atoms. The van der Waals surface area contributed by atoms with E-state index in [0.717, 1.165) is 11.4 Å². The number of ether oxygens (including phenoxy) is 2. The molecule has 0 amide bonds. The Hall–Kier alpha value is -1.63. The number of hydrogen-bond acceptors (Lipinski definition) is 5. The smallest absolute Gasteiger partial charge is 0.222 e. The van der Waals surface area contributed by atoms with Crippen LogP contribution in [0.2, 0.25) is 0 Å². The Morgan fingerprint density at radius 3 is 2.75 bits per heavy atom. The van der Waals surface area contributed by atoms with Gasteiger partial charge in [-0.05, 0) is 38.5 Å². The molecule has 82 valence electrons. The average Bonchev–Trinajstić information content (AvgIpc) is 2.75. The largest absolute Gasteiger partial charge is 0.486 e. The molecule has 1 aromatic heterocycles. The highest BCUT2D eigenvalue weighted by Crippen LogP contribution is 2.32. The molecule has 2 heterocycles. The van der Waals surface area contributed by atoms with Crippen LogP contribution in [0, 0.1) is 0 Å². The van der Waals surface area contributed by atoms with Crippen molar-refractivity contribution in [1.82, 2.24) is 20.2 Å². The lowest BCUT2D eigenvalue weighted by molar-refractivity contribution is 0.171. The van der Waals surface area contributed by atoms with E-state index in [1.807, 2.05) is 18.2 Å². The quantitative estimate of drug-likeness (QED) is 0.786. The summed E-state index contributed by atoms with van der Waals surface area (Å²) in [6, 6.07) is 5.56. The average molecular weight is 283 g/mol. The van der Waals surface area contributed by atoms with Crippen molar-refractivity contribution in [1.29, 1.82) is 0 Å². The lowest BCUT2D eigenvalue weighted by atomic mass is 10.2. The molecule has 0 fully saturated rings. The minimum atomic E-state index is 0.546. The van der Waals surface area contributed by atoms with Crippen molar-refractivity contribution < 1.29 is 9.47 Å². The number of halogens is 1. The minimum Gasteiger partial charge on any atom is -0.486 e. The molecule has 7 heteroatoms. The van der Waals surface area contributed by atoms with Gasteiger partial charge in [0, 0.05) is 6.07 Å². The molecule has 0 bridgehead atoms. The second-order valence-corrected chi connectivity index (χ2v) is 3.90. The van der Waals surface area contributed by atoms with Crippen LogP contribution in [0.25, 0.3) is 5.69 Å². The maximum Gasteiger partial charge on any atom is 0.222 e. The summed E-state index contributed by atoms with van der Waals surface area (Å²) in [5.74, 6) is 1.46. The van der Waals surface area contributed by atoms with E-state index in [0.29, 0.717) is 23.7 Å². The number of rotatable bonds is 1. The zero-order chi connectivity index (χ0) is 11.0. The lowest BCUT2D eigenvalue weighted by Gasteiger charge is -2.18. The van der Waals surface area contributed by atoms with Gasteiger partial charge < -0.3 is 9.47 Å². The van der Waals surface area contributed by atoms with Crippen molar-refractivity contribution >= 4 is 15.9 Å². The Morgan fingerprint density at radius 2 is 2.00 bits per heavy atom. The fraction of sp³-hybridized carbons (Fsp3) is 0.222. The molecule has 0 saturated carbocycles. The van der Waals surface area contributed by atoms with Crippen LogP contribution in [0.1, 0.15) is 0 Å². The molecule has 3 rings (SSSR count). The molecule has 0 aliphatic carbocycles. The summed E-state index contributed by atoms with van der Waals surface area (Å²) in [6.07, 6.45) is 0. The number of hydrogen-bond donors (Lipinski definition) is 0. The molecule has 2 aromatic rings. The van der Waals surface area contributed by atoms with Crippen LogP contribution in [0.5, 0.6) is 11.5 Å². The van der Waals surface area contributed by atoms with Crippen molar-refractivity contribution in [3.05, 3.63) is 22.9 Å². The van der Waals surface area contributed by atoms with Crippen LogP contribution in [-0.4, -0.2) is 33.4 Å². The topological polar surface area (TPSA) is 62.1 Å². The monoisotopic (exact) mass is 282 g/mol. The van der Waals surface area contributed by atoms with Crippen LogP contribution >= 0.6 is 15.9 Å². The first-order valence-electron chi connectivity index (χ1n) is 4.68. The highest BCUT2D eigenvalue weighted by Gasteiger charge is 2.13. The van der Waals surface area contributed by atoms with Gasteiger partial charge in [-0.2, -0.15) is 4.68 Å². The molecule has 1 aromatic carbocycles. The lowest BCUT2D eigenvalue weighted by Crippen LogP contribution is -2.15. The SMILES string of the molecule is Brc1nnnn1-c1ccc2c(c1)OCCO2. The molecule has 0 unspecified atom stereocenters. The summed E-state index contributed by atoms with van der Waals surface area (Å²) in [6.45, 7) is 1.15. The van der Waals surface area contributed by atoms with E-state index in [2.05, 4.69) is 31.5 Å². The van der Waals surface area contributed by atoms with E-state index in [1.165, 1.54) is 0 Å². The molecule has 0 radical (unpaired) electrons. The Kier molecular flexibility index (Phi) is 2.24. The number of fused-ring (bicyclic) bond motifs is 1. The van der Waals surface area contributed by atoms with Gasteiger partial charge in [0.05, 0.1) is 5.69 Å². The molecular weight excluding hydrogens is 276 g/mol. The Morgan fingerprint density at radius 1 is 1.19 bits per heavy atom. The third-order valence-electron chi connectivity index (χ3n) is 2.20. The van der Waals surface area contributed by atoms with Gasteiger partial charge in [-0.15, -0.1) is 5.10 Å². The second kappa shape index (κ2) is 3.75. The molecule has 6 nitrogen and oxygen atoms in total. The summed E-state index contributed by atoms with van der Waals surface area (Å²) >= 11 is 3.25. The molecule has 0 atom stereocenters. The highest BCUT2D eigenvalue weighted by atomic mass is 79.9. The Labute approximate surface area is 99.3 Å². The Bertz CT molecular complexity index is 528. The summed E-state index contributed by atoms with van der Waals surface area (Å²) in [4.78, 5) is 0. The van der Waals surface area contributed by atoms with E-state index in [1.54, 1.807) is 4.68 Å². The van der Waals surface area contributed by atoms with E-state index < -0.39 is 0 Å². The Balaban J connectivity index is 2.06. The van der Waals surface area contributed by atoms with Gasteiger partial charge in [0.25, 0.3) is 0 Å². The van der Waals surface area contributed by atoms with Crippen molar-refractivity contribution in [2.24, 2.45) is 0 Å². The standard InChI is InChI=1S/C9H7BrN4O2/c10-9-11-12-13-14(9)6-1-2-7-8(5-6)16-4-3-15-7/h1-2,5H,3-4H2. The predicted molar refractivity (Wildman–Crippen MR) is 57.8 cm³/mol. The molecule has 1 aliphatic rings. The first kappa shape index (κ1) is 9.59. The molecular formula is C9H7BrN4O2. The second-order valence-electron chi connectivity index (χ2n) is 3.19.